The van der Waals surface area contributed by atoms with Crippen LogP contribution >= 0.6 is 0 Å². The summed E-state index contributed by atoms with van der Waals surface area (Å²) < 4.78 is 0. The summed E-state index contributed by atoms with van der Waals surface area (Å²) in [6, 6.07) is 23.0. The molecule has 0 aliphatic carbocycles. The second kappa shape index (κ2) is 7.67. The third-order valence-corrected chi connectivity index (χ3v) is 5.22. The van der Waals surface area contributed by atoms with E-state index >= 15 is 0 Å². The summed E-state index contributed by atoms with van der Waals surface area (Å²) in [6.45, 7) is 2.65. The van der Waals surface area contributed by atoms with Gasteiger partial charge in [0, 0.05) is 29.6 Å². The first-order valence-electron chi connectivity index (χ1n) is 9.52. The fourth-order valence-electron chi connectivity index (χ4n) is 3.73. The summed E-state index contributed by atoms with van der Waals surface area (Å²) in [5, 5.41) is 6.82. The predicted octanol–water partition coefficient (Wildman–Crippen LogP) is 4.86. The molecule has 136 valence electrons. The highest BCUT2D eigenvalue weighted by molar-refractivity contribution is 5.86. The molecule has 1 unspecified atom stereocenters. The van der Waals surface area contributed by atoms with Gasteiger partial charge in [0.2, 0.25) is 5.91 Å². The molecule has 0 saturated carbocycles. The highest BCUT2D eigenvalue weighted by Crippen LogP contribution is 2.21. The maximum Gasteiger partial charge on any atom is 0.223 e. The molecule has 3 nitrogen and oxygen atoms in total. The number of benzene rings is 3. The molecule has 4 aromatic rings. The summed E-state index contributed by atoms with van der Waals surface area (Å²) in [5.41, 5.74) is 3.59. The number of aromatic nitrogens is 1. The Morgan fingerprint density at radius 3 is 2.56 bits per heavy atom. The lowest BCUT2D eigenvalue weighted by molar-refractivity contribution is -0.124. The molecule has 2 N–H and O–H groups in total. The van der Waals surface area contributed by atoms with Gasteiger partial charge in [-0.1, -0.05) is 67.6 Å². The molecule has 3 aromatic carbocycles. The lowest BCUT2D eigenvalue weighted by Crippen LogP contribution is -2.31. The van der Waals surface area contributed by atoms with Gasteiger partial charge >= 0.3 is 0 Å². The Morgan fingerprint density at radius 2 is 1.67 bits per heavy atom. The Balaban J connectivity index is 1.36. The fraction of sp³-hybridized carbons (Fsp3) is 0.208. The molecule has 0 bridgehead atoms. The topological polar surface area (TPSA) is 44.9 Å². The van der Waals surface area contributed by atoms with Crippen LogP contribution in [0.1, 0.15) is 18.1 Å². The number of carbonyl (C=O) groups excluding carboxylic acids is 1. The highest BCUT2D eigenvalue weighted by atomic mass is 16.1. The normalized spacial score (nSPS) is 12.3. The van der Waals surface area contributed by atoms with E-state index in [-0.39, 0.29) is 11.8 Å². The van der Waals surface area contributed by atoms with Gasteiger partial charge in [-0.3, -0.25) is 4.79 Å². The number of aromatic amines is 1. The second-order valence-corrected chi connectivity index (χ2v) is 7.14. The van der Waals surface area contributed by atoms with Gasteiger partial charge in [0.25, 0.3) is 0 Å². The maximum atomic E-state index is 12.5. The molecule has 27 heavy (non-hydrogen) atoms. The van der Waals surface area contributed by atoms with Gasteiger partial charge in [0.1, 0.15) is 0 Å². The number of nitrogens with one attached hydrogen (secondary N) is 2. The Morgan fingerprint density at radius 1 is 0.926 bits per heavy atom. The van der Waals surface area contributed by atoms with Crippen molar-refractivity contribution in [3.63, 3.8) is 0 Å². The maximum absolute atomic E-state index is 12.5. The van der Waals surface area contributed by atoms with Gasteiger partial charge in [0.05, 0.1) is 0 Å². The number of hydrogen-bond acceptors (Lipinski definition) is 1. The monoisotopic (exact) mass is 356 g/mol. The van der Waals surface area contributed by atoms with Crippen LogP contribution in [-0.2, 0) is 17.6 Å². The van der Waals surface area contributed by atoms with Crippen LogP contribution in [-0.4, -0.2) is 17.4 Å². The van der Waals surface area contributed by atoms with Crippen molar-refractivity contribution >= 4 is 27.6 Å². The van der Waals surface area contributed by atoms with Crippen molar-refractivity contribution in [2.75, 3.05) is 6.54 Å². The van der Waals surface area contributed by atoms with Gasteiger partial charge in [-0.05, 0) is 40.8 Å². The molecule has 0 saturated heterocycles. The molecule has 1 atom stereocenters. The van der Waals surface area contributed by atoms with Crippen molar-refractivity contribution < 1.29 is 4.79 Å². The zero-order valence-corrected chi connectivity index (χ0v) is 15.5. The summed E-state index contributed by atoms with van der Waals surface area (Å²) in [6.07, 6.45) is 3.60. The number of rotatable bonds is 6. The van der Waals surface area contributed by atoms with E-state index in [1.807, 2.05) is 25.3 Å². The van der Waals surface area contributed by atoms with E-state index in [4.69, 9.17) is 0 Å². The van der Waals surface area contributed by atoms with Crippen LogP contribution in [0.5, 0.6) is 0 Å². The minimum Gasteiger partial charge on any atom is -0.361 e. The molecule has 4 rings (SSSR count). The molecule has 0 fully saturated rings. The van der Waals surface area contributed by atoms with E-state index in [0.29, 0.717) is 6.54 Å². The quantitative estimate of drug-likeness (QED) is 0.509. The van der Waals surface area contributed by atoms with Crippen LogP contribution in [0.2, 0.25) is 0 Å². The van der Waals surface area contributed by atoms with Crippen LogP contribution in [0, 0.1) is 5.92 Å². The van der Waals surface area contributed by atoms with Crippen molar-refractivity contribution in [1.82, 2.24) is 10.3 Å². The second-order valence-electron chi connectivity index (χ2n) is 7.14. The minimum atomic E-state index is -0.0586. The van der Waals surface area contributed by atoms with E-state index in [2.05, 4.69) is 64.9 Å². The highest BCUT2D eigenvalue weighted by Gasteiger charge is 2.15. The zero-order valence-electron chi connectivity index (χ0n) is 15.5. The van der Waals surface area contributed by atoms with Crippen LogP contribution in [0.25, 0.3) is 21.7 Å². The molecule has 3 heteroatoms. The van der Waals surface area contributed by atoms with Gasteiger partial charge in [-0.2, -0.15) is 0 Å². The number of para-hydroxylation sites is 1. The Bertz CT molecular complexity index is 1070. The lowest BCUT2D eigenvalue weighted by atomic mass is 9.99. The van der Waals surface area contributed by atoms with Crippen molar-refractivity contribution in [2.45, 2.75) is 19.8 Å². The molecule has 1 amide bonds. The minimum absolute atomic E-state index is 0.0586. The zero-order chi connectivity index (χ0) is 18.6. The molecule has 1 aromatic heterocycles. The van der Waals surface area contributed by atoms with E-state index in [9.17, 15) is 4.79 Å². The molecule has 0 aliphatic rings. The predicted molar refractivity (Wildman–Crippen MR) is 112 cm³/mol. The van der Waals surface area contributed by atoms with E-state index in [1.54, 1.807) is 0 Å². The van der Waals surface area contributed by atoms with Crippen molar-refractivity contribution in [2.24, 2.45) is 5.92 Å². The van der Waals surface area contributed by atoms with Gasteiger partial charge in [-0.15, -0.1) is 0 Å². The number of carbonyl (C=O) groups is 1. The Hall–Kier alpha value is -3.07. The van der Waals surface area contributed by atoms with Crippen molar-refractivity contribution in [3.8, 4) is 0 Å². The van der Waals surface area contributed by atoms with Crippen LogP contribution in [0.4, 0.5) is 0 Å². The average Bonchev–Trinajstić information content (AvgIpc) is 3.11. The number of H-pyrrole nitrogens is 1. The summed E-state index contributed by atoms with van der Waals surface area (Å²) >= 11 is 0. The summed E-state index contributed by atoms with van der Waals surface area (Å²) in [4.78, 5) is 15.8. The molecule has 1 heterocycles. The number of fused-ring (bicyclic) bond motifs is 2. The van der Waals surface area contributed by atoms with E-state index in [0.717, 1.165) is 18.4 Å². The van der Waals surface area contributed by atoms with Crippen LogP contribution < -0.4 is 5.32 Å². The van der Waals surface area contributed by atoms with Crippen LogP contribution in [0.15, 0.2) is 72.9 Å². The molecule has 0 spiro atoms. The summed E-state index contributed by atoms with van der Waals surface area (Å²) in [5.74, 6) is 0.0530. The Kier molecular flexibility index (Phi) is 4.93. The largest absolute Gasteiger partial charge is 0.361 e. The lowest BCUT2D eigenvalue weighted by Gasteiger charge is -2.13. The van der Waals surface area contributed by atoms with Crippen molar-refractivity contribution in [1.29, 1.82) is 0 Å². The van der Waals surface area contributed by atoms with Crippen molar-refractivity contribution in [3.05, 3.63) is 84.1 Å². The third kappa shape index (κ3) is 3.72. The average molecular weight is 356 g/mol. The Labute approximate surface area is 159 Å². The van der Waals surface area contributed by atoms with E-state index < -0.39 is 0 Å². The smallest absolute Gasteiger partial charge is 0.223 e. The first-order chi connectivity index (χ1) is 13.2. The summed E-state index contributed by atoms with van der Waals surface area (Å²) in [7, 11) is 0. The number of amides is 1. The standard InChI is InChI=1S/C24H24N2O/c1-17(15-20-16-26-23-12-5-4-11-22(20)23)24(27)25-14-13-19-9-6-8-18-7-2-3-10-21(18)19/h2-12,16-17,26H,13-15H2,1H3,(H,25,27). The molecule has 0 radical (unpaired) electrons. The molecule has 0 aliphatic heterocycles. The molecular weight excluding hydrogens is 332 g/mol. The number of hydrogen-bond donors (Lipinski definition) is 2. The first-order valence-corrected chi connectivity index (χ1v) is 9.52. The fourth-order valence-corrected chi connectivity index (χ4v) is 3.73. The van der Waals surface area contributed by atoms with Gasteiger partial charge in [-0.25, -0.2) is 0 Å². The van der Waals surface area contributed by atoms with E-state index in [1.165, 1.54) is 27.3 Å². The first kappa shape index (κ1) is 17.3. The van der Waals surface area contributed by atoms with Gasteiger partial charge < -0.3 is 10.3 Å². The SMILES string of the molecule is CC(Cc1c[nH]c2ccccc12)C(=O)NCCc1cccc2ccccc12. The van der Waals surface area contributed by atoms with Gasteiger partial charge in [0.15, 0.2) is 0 Å². The molecular formula is C24H24N2O. The van der Waals surface area contributed by atoms with Crippen LogP contribution in [0.3, 0.4) is 0 Å². The third-order valence-electron chi connectivity index (χ3n) is 5.22.